The van der Waals surface area contributed by atoms with Crippen molar-refractivity contribution >= 4 is 44.9 Å². The summed E-state index contributed by atoms with van der Waals surface area (Å²) in [7, 11) is 1.90. The SMILES string of the molecule is CCOCCN(C)CC(=O)Nc1ccccc1-c1nc(Nc2ccc3[nH]ncc3c2)c2ccccc2n1. The fraction of sp³-hybridized carbons (Fsp3) is 0.214. The van der Waals surface area contributed by atoms with Gasteiger partial charge in [-0.15, -0.1) is 0 Å². The molecule has 0 aliphatic heterocycles. The number of hydrogen-bond donors (Lipinski definition) is 3. The number of H-pyrrole nitrogens is 1. The zero-order valence-corrected chi connectivity index (χ0v) is 20.9. The van der Waals surface area contributed by atoms with Crippen molar-refractivity contribution in [2.75, 3.05) is 44.0 Å². The van der Waals surface area contributed by atoms with Gasteiger partial charge >= 0.3 is 0 Å². The lowest BCUT2D eigenvalue weighted by molar-refractivity contribution is -0.117. The molecule has 1 amide bonds. The van der Waals surface area contributed by atoms with Gasteiger partial charge in [0.05, 0.1) is 36.1 Å². The standard InChI is InChI=1S/C28H29N7O2/c1-3-37-15-14-35(2)18-26(36)31-24-10-6-4-8-21(24)28-32-25-11-7-5-9-22(25)27(33-28)30-20-12-13-23-19(16-20)17-29-34-23/h4-13,16-17H,3,14-15,18H2,1-2H3,(H,29,34)(H,31,36)(H,30,32,33). The molecule has 5 rings (SSSR count). The van der Waals surface area contributed by atoms with Gasteiger partial charge in [-0.2, -0.15) is 5.10 Å². The molecule has 0 saturated carbocycles. The smallest absolute Gasteiger partial charge is 0.238 e. The molecule has 3 N–H and O–H groups in total. The van der Waals surface area contributed by atoms with Crippen LogP contribution < -0.4 is 10.6 Å². The molecule has 3 aromatic carbocycles. The number of likely N-dealkylation sites (N-methyl/N-ethyl adjacent to an activating group) is 1. The van der Waals surface area contributed by atoms with Crippen LogP contribution in [0.25, 0.3) is 33.2 Å². The highest BCUT2D eigenvalue weighted by atomic mass is 16.5. The van der Waals surface area contributed by atoms with Gasteiger partial charge in [0.25, 0.3) is 0 Å². The van der Waals surface area contributed by atoms with Crippen LogP contribution in [0.5, 0.6) is 0 Å². The molecule has 0 atom stereocenters. The zero-order chi connectivity index (χ0) is 25.6. The Morgan fingerprint density at radius 3 is 2.78 bits per heavy atom. The quantitative estimate of drug-likeness (QED) is 0.238. The van der Waals surface area contributed by atoms with E-state index in [4.69, 9.17) is 14.7 Å². The largest absolute Gasteiger partial charge is 0.380 e. The second kappa shape index (κ2) is 11.2. The predicted molar refractivity (Wildman–Crippen MR) is 147 cm³/mol. The van der Waals surface area contributed by atoms with Gasteiger partial charge in [0, 0.05) is 35.2 Å². The zero-order valence-electron chi connectivity index (χ0n) is 20.9. The van der Waals surface area contributed by atoms with Gasteiger partial charge in [0.1, 0.15) is 5.82 Å². The van der Waals surface area contributed by atoms with E-state index in [0.717, 1.165) is 33.1 Å². The molecule has 2 heterocycles. The molecule has 0 unspecified atom stereocenters. The van der Waals surface area contributed by atoms with Crippen molar-refractivity contribution in [1.82, 2.24) is 25.1 Å². The Bertz CT molecular complexity index is 1530. The highest BCUT2D eigenvalue weighted by Crippen LogP contribution is 2.31. The minimum Gasteiger partial charge on any atom is -0.380 e. The first-order valence-electron chi connectivity index (χ1n) is 12.2. The summed E-state index contributed by atoms with van der Waals surface area (Å²) >= 11 is 0. The van der Waals surface area contributed by atoms with E-state index in [1.54, 1.807) is 6.20 Å². The van der Waals surface area contributed by atoms with E-state index in [1.807, 2.05) is 85.6 Å². The summed E-state index contributed by atoms with van der Waals surface area (Å²) in [5.74, 6) is 1.09. The normalized spacial score (nSPS) is 11.3. The van der Waals surface area contributed by atoms with Crippen molar-refractivity contribution in [3.8, 4) is 11.4 Å². The Morgan fingerprint density at radius 1 is 1.05 bits per heavy atom. The summed E-state index contributed by atoms with van der Waals surface area (Å²) in [6, 6.07) is 21.4. The fourth-order valence-corrected chi connectivity index (χ4v) is 4.12. The lowest BCUT2D eigenvalue weighted by atomic mass is 10.1. The maximum atomic E-state index is 12.8. The third-order valence-electron chi connectivity index (χ3n) is 5.98. The van der Waals surface area contributed by atoms with Crippen LogP contribution in [0.2, 0.25) is 0 Å². The van der Waals surface area contributed by atoms with Gasteiger partial charge in [-0.05, 0) is 56.4 Å². The molecule has 37 heavy (non-hydrogen) atoms. The lowest BCUT2D eigenvalue weighted by Gasteiger charge is -2.17. The molecule has 188 valence electrons. The number of hydrogen-bond acceptors (Lipinski definition) is 7. The number of nitrogens with one attached hydrogen (secondary N) is 3. The lowest BCUT2D eigenvalue weighted by Crippen LogP contribution is -2.32. The first kappa shape index (κ1) is 24.4. The maximum absolute atomic E-state index is 12.8. The number of carbonyl (C=O) groups excluding carboxylic acids is 1. The molecule has 9 heteroatoms. The van der Waals surface area contributed by atoms with E-state index in [9.17, 15) is 4.79 Å². The molecular weight excluding hydrogens is 466 g/mol. The number of carbonyl (C=O) groups is 1. The maximum Gasteiger partial charge on any atom is 0.238 e. The molecule has 0 radical (unpaired) electrons. The molecule has 9 nitrogen and oxygen atoms in total. The van der Waals surface area contributed by atoms with Crippen LogP contribution in [0, 0.1) is 0 Å². The number of nitrogens with zero attached hydrogens (tertiary/aromatic N) is 4. The van der Waals surface area contributed by atoms with Crippen molar-refractivity contribution in [3.05, 3.63) is 72.9 Å². The number of ether oxygens (including phenoxy) is 1. The number of benzene rings is 3. The molecule has 0 aliphatic carbocycles. The molecule has 5 aromatic rings. The number of amides is 1. The summed E-state index contributed by atoms with van der Waals surface area (Å²) in [6.45, 7) is 4.14. The van der Waals surface area contributed by atoms with Gasteiger partial charge in [0.2, 0.25) is 5.91 Å². The number of aromatic nitrogens is 4. The van der Waals surface area contributed by atoms with Crippen LogP contribution in [0.15, 0.2) is 72.9 Å². The summed E-state index contributed by atoms with van der Waals surface area (Å²) < 4.78 is 5.39. The number of rotatable bonds is 10. The first-order chi connectivity index (χ1) is 18.1. The van der Waals surface area contributed by atoms with Crippen molar-refractivity contribution < 1.29 is 9.53 Å². The van der Waals surface area contributed by atoms with Gasteiger partial charge in [-0.3, -0.25) is 14.8 Å². The number of anilines is 3. The highest BCUT2D eigenvalue weighted by molar-refractivity contribution is 5.98. The highest BCUT2D eigenvalue weighted by Gasteiger charge is 2.15. The number of para-hydroxylation sites is 2. The molecule has 2 aromatic heterocycles. The van der Waals surface area contributed by atoms with E-state index < -0.39 is 0 Å². The third-order valence-corrected chi connectivity index (χ3v) is 5.98. The van der Waals surface area contributed by atoms with E-state index in [2.05, 4.69) is 20.8 Å². The van der Waals surface area contributed by atoms with Crippen LogP contribution in [-0.2, 0) is 9.53 Å². The summed E-state index contributed by atoms with van der Waals surface area (Å²) in [6.07, 6.45) is 1.79. The molecule has 0 fully saturated rings. The minimum atomic E-state index is -0.112. The van der Waals surface area contributed by atoms with Gasteiger partial charge in [-0.1, -0.05) is 24.3 Å². The molecule has 0 spiro atoms. The molecule has 0 bridgehead atoms. The molecule has 0 aliphatic rings. The van der Waals surface area contributed by atoms with Crippen LogP contribution in [0.3, 0.4) is 0 Å². The van der Waals surface area contributed by atoms with Crippen LogP contribution in [-0.4, -0.2) is 64.3 Å². The summed E-state index contributed by atoms with van der Waals surface area (Å²) in [5, 5.41) is 15.5. The number of fused-ring (bicyclic) bond motifs is 2. The van der Waals surface area contributed by atoms with Gasteiger partial charge < -0.3 is 15.4 Å². The van der Waals surface area contributed by atoms with E-state index in [0.29, 0.717) is 37.1 Å². The van der Waals surface area contributed by atoms with Gasteiger partial charge in [0.15, 0.2) is 5.82 Å². The average molecular weight is 496 g/mol. The Balaban J connectivity index is 1.44. The summed E-state index contributed by atoms with van der Waals surface area (Å²) in [4.78, 5) is 24.4. The van der Waals surface area contributed by atoms with E-state index in [1.165, 1.54) is 0 Å². The first-order valence-corrected chi connectivity index (χ1v) is 12.2. The van der Waals surface area contributed by atoms with Crippen molar-refractivity contribution in [2.45, 2.75) is 6.92 Å². The van der Waals surface area contributed by atoms with E-state index in [-0.39, 0.29) is 12.5 Å². The Kier molecular flexibility index (Phi) is 7.34. The third kappa shape index (κ3) is 5.74. The Labute approximate surface area is 214 Å². The predicted octanol–water partition coefficient (Wildman–Crippen LogP) is 4.82. The van der Waals surface area contributed by atoms with Crippen molar-refractivity contribution in [1.29, 1.82) is 0 Å². The molecular formula is C28H29N7O2. The van der Waals surface area contributed by atoms with Crippen LogP contribution >= 0.6 is 0 Å². The van der Waals surface area contributed by atoms with Gasteiger partial charge in [-0.25, -0.2) is 9.97 Å². The van der Waals surface area contributed by atoms with Crippen molar-refractivity contribution in [3.63, 3.8) is 0 Å². The van der Waals surface area contributed by atoms with Crippen LogP contribution in [0.1, 0.15) is 6.92 Å². The fourth-order valence-electron chi connectivity index (χ4n) is 4.12. The van der Waals surface area contributed by atoms with Crippen LogP contribution in [0.4, 0.5) is 17.2 Å². The Hall–Kier alpha value is -4.34. The Morgan fingerprint density at radius 2 is 1.89 bits per heavy atom. The second-order valence-electron chi connectivity index (χ2n) is 8.74. The topological polar surface area (TPSA) is 108 Å². The monoisotopic (exact) mass is 495 g/mol. The average Bonchev–Trinajstić information content (AvgIpc) is 3.37. The van der Waals surface area contributed by atoms with Crippen molar-refractivity contribution in [2.24, 2.45) is 0 Å². The summed E-state index contributed by atoms with van der Waals surface area (Å²) in [5.41, 5.74) is 4.06. The minimum absolute atomic E-state index is 0.112. The van der Waals surface area contributed by atoms with E-state index >= 15 is 0 Å². The second-order valence-corrected chi connectivity index (χ2v) is 8.74. The number of aromatic amines is 1. The molecule has 0 saturated heterocycles.